The topological polar surface area (TPSA) is 41.6 Å². The summed E-state index contributed by atoms with van der Waals surface area (Å²) in [6, 6.07) is 7.97. The zero-order valence-electron chi connectivity index (χ0n) is 16.3. The standard InChI is InChI=1S/C22H32N2O2/c1-14-4-5-15(2)20(8-14)21-12-24(16(3)13-26-21)22(25)11-17-9-18-6-7-19(10-17)23-18/h4-5,8,16-19,21,23H,6-7,9-13H2,1-3H3. The molecule has 0 aromatic heterocycles. The smallest absolute Gasteiger partial charge is 0.223 e. The lowest BCUT2D eigenvalue weighted by molar-refractivity contribution is -0.145. The molecule has 4 rings (SSSR count). The molecule has 142 valence electrons. The highest BCUT2D eigenvalue weighted by Gasteiger charge is 2.37. The van der Waals surface area contributed by atoms with E-state index in [1.54, 1.807) is 0 Å². The molecule has 1 aromatic rings. The van der Waals surface area contributed by atoms with Crippen molar-refractivity contribution in [3.05, 3.63) is 34.9 Å². The van der Waals surface area contributed by atoms with E-state index < -0.39 is 0 Å². The van der Waals surface area contributed by atoms with Crippen LogP contribution in [-0.4, -0.2) is 42.1 Å². The average molecular weight is 357 g/mol. The molecule has 4 atom stereocenters. The summed E-state index contributed by atoms with van der Waals surface area (Å²) in [6.45, 7) is 7.67. The fourth-order valence-electron chi connectivity index (χ4n) is 5.11. The van der Waals surface area contributed by atoms with Crippen LogP contribution < -0.4 is 5.32 Å². The van der Waals surface area contributed by atoms with Crippen molar-refractivity contribution in [2.45, 2.75) is 77.1 Å². The maximum absolute atomic E-state index is 13.1. The Labute approximate surface area is 157 Å². The third-order valence-electron chi connectivity index (χ3n) is 6.57. The van der Waals surface area contributed by atoms with Gasteiger partial charge in [0, 0.05) is 18.5 Å². The molecule has 4 unspecified atom stereocenters. The van der Waals surface area contributed by atoms with E-state index in [4.69, 9.17) is 4.74 Å². The van der Waals surface area contributed by atoms with Crippen molar-refractivity contribution in [2.24, 2.45) is 5.92 Å². The summed E-state index contributed by atoms with van der Waals surface area (Å²) in [5.74, 6) is 0.873. The normalized spacial score (nSPS) is 34.1. The van der Waals surface area contributed by atoms with Crippen LogP contribution >= 0.6 is 0 Å². The van der Waals surface area contributed by atoms with Crippen molar-refractivity contribution >= 4 is 5.91 Å². The van der Waals surface area contributed by atoms with E-state index in [-0.39, 0.29) is 12.1 Å². The minimum absolute atomic E-state index is 0.000692. The van der Waals surface area contributed by atoms with E-state index in [1.807, 2.05) is 0 Å². The summed E-state index contributed by atoms with van der Waals surface area (Å²) >= 11 is 0. The number of carbonyl (C=O) groups is 1. The Kier molecular flexibility index (Phi) is 5.07. The number of ether oxygens (including phenoxy) is 1. The Balaban J connectivity index is 1.43. The lowest BCUT2D eigenvalue weighted by Crippen LogP contribution is -2.49. The second-order valence-corrected chi connectivity index (χ2v) is 8.76. The van der Waals surface area contributed by atoms with Crippen LogP contribution in [0.1, 0.15) is 61.8 Å². The van der Waals surface area contributed by atoms with Crippen LogP contribution in [0.5, 0.6) is 0 Å². The quantitative estimate of drug-likeness (QED) is 0.901. The number of rotatable bonds is 3. The Morgan fingerprint density at radius 2 is 1.96 bits per heavy atom. The fourth-order valence-corrected chi connectivity index (χ4v) is 5.11. The maximum Gasteiger partial charge on any atom is 0.223 e. The van der Waals surface area contributed by atoms with Crippen molar-refractivity contribution in [3.8, 4) is 0 Å². The second kappa shape index (κ2) is 7.32. The number of nitrogens with one attached hydrogen (secondary N) is 1. The lowest BCUT2D eigenvalue weighted by Gasteiger charge is -2.40. The largest absolute Gasteiger partial charge is 0.370 e. The molecule has 1 N–H and O–H groups in total. The van der Waals surface area contributed by atoms with Gasteiger partial charge < -0.3 is 15.0 Å². The number of aryl methyl sites for hydroxylation is 2. The summed E-state index contributed by atoms with van der Waals surface area (Å²) < 4.78 is 6.12. The van der Waals surface area contributed by atoms with Crippen LogP contribution in [-0.2, 0) is 9.53 Å². The van der Waals surface area contributed by atoms with Gasteiger partial charge in [0.1, 0.15) is 6.10 Å². The number of carbonyl (C=O) groups excluding carboxylic acids is 1. The number of hydrogen-bond donors (Lipinski definition) is 1. The zero-order chi connectivity index (χ0) is 18.3. The van der Waals surface area contributed by atoms with Crippen molar-refractivity contribution in [1.29, 1.82) is 0 Å². The van der Waals surface area contributed by atoms with Crippen LogP contribution in [0.4, 0.5) is 0 Å². The van der Waals surface area contributed by atoms with Gasteiger partial charge in [0.05, 0.1) is 19.2 Å². The number of benzene rings is 1. The Hall–Kier alpha value is -1.39. The van der Waals surface area contributed by atoms with E-state index in [0.29, 0.717) is 43.5 Å². The van der Waals surface area contributed by atoms with Gasteiger partial charge in [-0.15, -0.1) is 0 Å². The first kappa shape index (κ1) is 18.0. The Bertz CT molecular complexity index is 662. The van der Waals surface area contributed by atoms with Gasteiger partial charge in [-0.25, -0.2) is 0 Å². The van der Waals surface area contributed by atoms with Gasteiger partial charge in [0.25, 0.3) is 0 Å². The molecule has 1 aromatic carbocycles. The molecule has 0 saturated carbocycles. The Morgan fingerprint density at radius 1 is 1.23 bits per heavy atom. The van der Waals surface area contributed by atoms with Crippen molar-refractivity contribution in [3.63, 3.8) is 0 Å². The predicted molar refractivity (Wildman–Crippen MR) is 103 cm³/mol. The third-order valence-corrected chi connectivity index (χ3v) is 6.57. The van der Waals surface area contributed by atoms with Crippen molar-refractivity contribution in [1.82, 2.24) is 10.2 Å². The van der Waals surface area contributed by atoms with Gasteiger partial charge in [-0.2, -0.15) is 0 Å². The molecule has 0 aliphatic carbocycles. The highest BCUT2D eigenvalue weighted by Crippen LogP contribution is 2.34. The van der Waals surface area contributed by atoms with E-state index in [2.05, 4.69) is 49.2 Å². The van der Waals surface area contributed by atoms with Gasteiger partial charge in [0.15, 0.2) is 0 Å². The molecule has 3 saturated heterocycles. The van der Waals surface area contributed by atoms with Gasteiger partial charge >= 0.3 is 0 Å². The van der Waals surface area contributed by atoms with E-state index in [0.717, 1.165) is 0 Å². The molecular weight excluding hydrogens is 324 g/mol. The summed E-state index contributed by atoms with van der Waals surface area (Å²) in [6.07, 6.45) is 5.62. The van der Waals surface area contributed by atoms with Crippen LogP contribution in [0.15, 0.2) is 18.2 Å². The molecule has 3 aliphatic rings. The predicted octanol–water partition coefficient (Wildman–Crippen LogP) is 3.51. The van der Waals surface area contributed by atoms with Crippen molar-refractivity contribution < 1.29 is 9.53 Å². The molecule has 3 heterocycles. The summed E-state index contributed by atoms with van der Waals surface area (Å²) in [5, 5.41) is 3.68. The van der Waals surface area contributed by atoms with Gasteiger partial charge in [-0.3, -0.25) is 4.79 Å². The number of fused-ring (bicyclic) bond motifs is 2. The fraction of sp³-hybridized carbons (Fsp3) is 0.682. The highest BCUT2D eigenvalue weighted by atomic mass is 16.5. The first-order chi connectivity index (χ1) is 12.5. The summed E-state index contributed by atoms with van der Waals surface area (Å²) in [4.78, 5) is 15.2. The Morgan fingerprint density at radius 3 is 2.69 bits per heavy atom. The molecule has 4 nitrogen and oxygen atoms in total. The van der Waals surface area contributed by atoms with E-state index >= 15 is 0 Å². The second-order valence-electron chi connectivity index (χ2n) is 8.76. The molecule has 3 aliphatic heterocycles. The number of piperidine rings is 1. The van der Waals surface area contributed by atoms with E-state index in [1.165, 1.54) is 42.4 Å². The molecule has 2 bridgehead atoms. The molecule has 4 heteroatoms. The first-order valence-corrected chi connectivity index (χ1v) is 10.2. The number of morpholine rings is 1. The molecule has 0 radical (unpaired) electrons. The van der Waals surface area contributed by atoms with Crippen LogP contribution in [0, 0.1) is 19.8 Å². The SMILES string of the molecule is Cc1ccc(C)c(C2CN(C(=O)CC3CC4CCC(C3)N4)C(C)CO2)c1. The molecule has 3 fully saturated rings. The third kappa shape index (κ3) is 3.67. The minimum atomic E-state index is -0.000692. The molecule has 0 spiro atoms. The number of hydrogen-bond acceptors (Lipinski definition) is 3. The van der Waals surface area contributed by atoms with Crippen LogP contribution in [0.3, 0.4) is 0 Å². The number of nitrogens with zero attached hydrogens (tertiary/aromatic N) is 1. The van der Waals surface area contributed by atoms with Crippen LogP contribution in [0.25, 0.3) is 0 Å². The van der Waals surface area contributed by atoms with Crippen LogP contribution in [0.2, 0.25) is 0 Å². The molecule has 26 heavy (non-hydrogen) atoms. The summed E-state index contributed by atoms with van der Waals surface area (Å²) in [7, 11) is 0. The van der Waals surface area contributed by atoms with Crippen molar-refractivity contribution in [2.75, 3.05) is 13.2 Å². The lowest BCUT2D eigenvalue weighted by atomic mass is 9.89. The monoisotopic (exact) mass is 356 g/mol. The summed E-state index contributed by atoms with van der Waals surface area (Å²) in [5.41, 5.74) is 3.72. The average Bonchev–Trinajstić information content (AvgIpc) is 2.96. The van der Waals surface area contributed by atoms with Gasteiger partial charge in [-0.05, 0) is 63.5 Å². The maximum atomic E-state index is 13.1. The van der Waals surface area contributed by atoms with E-state index in [9.17, 15) is 4.79 Å². The minimum Gasteiger partial charge on any atom is -0.370 e. The molecular formula is C22H32N2O2. The zero-order valence-corrected chi connectivity index (χ0v) is 16.3. The van der Waals surface area contributed by atoms with Gasteiger partial charge in [0.2, 0.25) is 5.91 Å². The number of amides is 1. The molecule has 1 amide bonds. The highest BCUT2D eigenvalue weighted by molar-refractivity contribution is 5.77. The first-order valence-electron chi connectivity index (χ1n) is 10.2. The van der Waals surface area contributed by atoms with Gasteiger partial charge in [-0.1, -0.05) is 23.8 Å².